The van der Waals surface area contributed by atoms with Gasteiger partial charge in [-0.3, -0.25) is 5.32 Å². The van der Waals surface area contributed by atoms with Gasteiger partial charge in [0.1, 0.15) is 11.9 Å². The van der Waals surface area contributed by atoms with Crippen LogP contribution in [0.4, 0.5) is 18.7 Å². The van der Waals surface area contributed by atoms with Crippen LogP contribution in [-0.4, -0.2) is 31.3 Å². The average molecular weight is 476 g/mol. The fourth-order valence-corrected chi connectivity index (χ4v) is 4.20. The van der Waals surface area contributed by atoms with Crippen molar-refractivity contribution in [3.05, 3.63) is 51.5 Å². The number of nitrogens with one attached hydrogen (secondary N) is 2. The van der Waals surface area contributed by atoms with Crippen LogP contribution < -0.4 is 15.4 Å². The molecule has 1 atom stereocenters. The number of aromatic nitrogens is 1. The molecule has 3 rings (SSSR count). The summed E-state index contributed by atoms with van der Waals surface area (Å²) in [6.07, 6.45) is -0.815. The van der Waals surface area contributed by atoms with E-state index < -0.39 is 23.8 Å². The van der Waals surface area contributed by atoms with Crippen molar-refractivity contribution < 1.29 is 23.0 Å². The number of amides is 2. The highest BCUT2D eigenvalue weighted by atomic mass is 35.5. The normalized spacial score (nSPS) is 12.1. The summed E-state index contributed by atoms with van der Waals surface area (Å²) in [5.74, 6) is -1.39. The molecular weight excluding hydrogens is 459 g/mol. The van der Waals surface area contributed by atoms with Gasteiger partial charge in [0.25, 0.3) is 0 Å². The third-order valence-electron chi connectivity index (χ3n) is 4.04. The van der Waals surface area contributed by atoms with E-state index in [-0.39, 0.29) is 21.4 Å². The summed E-state index contributed by atoms with van der Waals surface area (Å²) >= 11 is 13.3. The van der Waals surface area contributed by atoms with Crippen molar-refractivity contribution in [1.82, 2.24) is 10.3 Å². The Balaban J connectivity index is 1.80. The van der Waals surface area contributed by atoms with Crippen molar-refractivity contribution in [2.24, 2.45) is 0 Å². The Morgan fingerprint density at radius 3 is 2.77 bits per heavy atom. The van der Waals surface area contributed by atoms with Crippen molar-refractivity contribution >= 4 is 55.9 Å². The van der Waals surface area contributed by atoms with E-state index in [1.807, 2.05) is 0 Å². The minimum atomic E-state index is -0.815. The summed E-state index contributed by atoms with van der Waals surface area (Å²) < 4.78 is 39.4. The zero-order chi connectivity index (χ0) is 21.8. The molecule has 2 aromatic carbocycles. The van der Waals surface area contributed by atoms with Crippen molar-refractivity contribution in [3.8, 4) is 5.75 Å². The number of halogens is 4. The molecule has 6 nitrogen and oxygen atoms in total. The lowest BCUT2D eigenvalue weighted by Crippen LogP contribution is -2.31. The molecular formula is C19H17Cl2F2N3O3S. The van der Waals surface area contributed by atoms with Gasteiger partial charge in [-0.25, -0.2) is 18.6 Å². The topological polar surface area (TPSA) is 72.5 Å². The van der Waals surface area contributed by atoms with Crippen LogP contribution in [0.3, 0.4) is 0 Å². The van der Waals surface area contributed by atoms with Crippen LogP contribution in [0.25, 0.3) is 10.2 Å². The molecule has 0 spiro atoms. The predicted octanol–water partition coefficient (Wildman–Crippen LogP) is 5.79. The molecule has 0 bridgehead atoms. The summed E-state index contributed by atoms with van der Waals surface area (Å²) in [6, 6.07) is 4.69. The molecule has 0 saturated heterocycles. The largest absolute Gasteiger partial charge is 0.483 e. The number of anilines is 1. The minimum absolute atomic E-state index is 0.0776. The molecule has 0 radical (unpaired) electrons. The number of carbonyl (C=O) groups is 1. The van der Waals surface area contributed by atoms with Gasteiger partial charge < -0.3 is 14.8 Å². The number of urea groups is 1. The van der Waals surface area contributed by atoms with Gasteiger partial charge in [0.15, 0.2) is 16.7 Å². The highest BCUT2D eigenvalue weighted by Gasteiger charge is 2.21. The second-order valence-corrected chi connectivity index (χ2v) is 7.98. The smallest absolute Gasteiger partial charge is 0.321 e. The fraction of sp³-hybridized carbons (Fsp3) is 0.263. The molecule has 0 aliphatic carbocycles. The third-order valence-corrected chi connectivity index (χ3v) is 5.69. The van der Waals surface area contributed by atoms with Crippen molar-refractivity contribution in [2.75, 3.05) is 25.6 Å². The van der Waals surface area contributed by atoms with Crippen LogP contribution in [0.1, 0.15) is 18.6 Å². The third kappa shape index (κ3) is 5.10. The Bertz CT molecular complexity index is 1080. The number of ether oxygens (including phenoxy) is 2. The molecule has 0 fully saturated rings. The van der Waals surface area contributed by atoms with Crippen LogP contribution in [0.2, 0.25) is 10.0 Å². The summed E-state index contributed by atoms with van der Waals surface area (Å²) in [6.45, 7) is 2.29. The van der Waals surface area contributed by atoms with Gasteiger partial charge in [-0.15, -0.1) is 0 Å². The Labute approximate surface area is 185 Å². The maximum Gasteiger partial charge on any atom is 0.321 e. The molecule has 2 amide bonds. The van der Waals surface area contributed by atoms with Gasteiger partial charge in [-0.05, 0) is 19.1 Å². The molecule has 3 aromatic rings. The van der Waals surface area contributed by atoms with Gasteiger partial charge in [0, 0.05) is 36.4 Å². The van der Waals surface area contributed by atoms with Crippen molar-refractivity contribution in [1.29, 1.82) is 0 Å². The van der Waals surface area contributed by atoms with Crippen LogP contribution in [0.15, 0.2) is 24.3 Å². The number of hydrogen-bond acceptors (Lipinski definition) is 5. The first-order valence-corrected chi connectivity index (χ1v) is 10.3. The predicted molar refractivity (Wildman–Crippen MR) is 114 cm³/mol. The number of fused-ring (bicyclic) bond motifs is 1. The van der Waals surface area contributed by atoms with Crippen LogP contribution in [-0.2, 0) is 4.74 Å². The number of thiazole rings is 1. The Kier molecular flexibility index (Phi) is 7.30. The Morgan fingerprint density at radius 2 is 2.03 bits per heavy atom. The SMILES string of the molecule is COCCNC(=O)Nc1nc2cc(F)c(OC(C)c3c(Cl)ccc(F)c3Cl)cc2s1. The highest BCUT2D eigenvalue weighted by molar-refractivity contribution is 7.22. The van der Waals surface area contributed by atoms with Gasteiger partial charge in [-0.2, -0.15) is 0 Å². The molecule has 1 unspecified atom stereocenters. The second kappa shape index (κ2) is 9.74. The maximum atomic E-state index is 14.5. The Morgan fingerprint density at radius 1 is 1.27 bits per heavy atom. The highest BCUT2D eigenvalue weighted by Crippen LogP contribution is 2.37. The number of rotatable bonds is 7. The summed E-state index contributed by atoms with van der Waals surface area (Å²) in [5, 5.41) is 5.49. The zero-order valence-electron chi connectivity index (χ0n) is 15.9. The van der Waals surface area contributed by atoms with E-state index in [4.69, 9.17) is 32.7 Å². The van der Waals surface area contributed by atoms with E-state index in [0.717, 1.165) is 17.4 Å². The first-order valence-electron chi connectivity index (χ1n) is 8.74. The number of benzene rings is 2. The van der Waals surface area contributed by atoms with E-state index in [2.05, 4.69) is 15.6 Å². The van der Waals surface area contributed by atoms with Gasteiger partial charge >= 0.3 is 6.03 Å². The molecule has 0 saturated carbocycles. The van der Waals surface area contributed by atoms with Crippen molar-refractivity contribution in [3.63, 3.8) is 0 Å². The molecule has 1 heterocycles. The number of hydrogen-bond donors (Lipinski definition) is 2. The molecule has 0 aliphatic rings. The molecule has 11 heteroatoms. The first-order chi connectivity index (χ1) is 14.3. The first kappa shape index (κ1) is 22.5. The number of nitrogens with zero attached hydrogens (tertiary/aromatic N) is 1. The second-order valence-electron chi connectivity index (χ2n) is 6.16. The van der Waals surface area contributed by atoms with E-state index in [9.17, 15) is 13.6 Å². The van der Waals surface area contributed by atoms with Crippen molar-refractivity contribution in [2.45, 2.75) is 13.0 Å². The number of carbonyl (C=O) groups excluding carboxylic acids is 1. The molecule has 0 aliphatic heterocycles. The summed E-state index contributed by atoms with van der Waals surface area (Å²) in [5.41, 5.74) is 0.573. The van der Waals surface area contributed by atoms with E-state index >= 15 is 0 Å². The van der Waals surface area contributed by atoms with Crippen LogP contribution in [0, 0.1) is 11.6 Å². The lowest BCUT2D eigenvalue weighted by Gasteiger charge is -2.18. The van der Waals surface area contributed by atoms with Gasteiger partial charge in [-0.1, -0.05) is 34.5 Å². The van der Waals surface area contributed by atoms with Gasteiger partial charge in [0.2, 0.25) is 0 Å². The van der Waals surface area contributed by atoms with E-state index in [0.29, 0.717) is 28.5 Å². The molecule has 30 heavy (non-hydrogen) atoms. The summed E-state index contributed by atoms with van der Waals surface area (Å²) in [7, 11) is 1.53. The van der Waals surface area contributed by atoms with E-state index in [1.54, 1.807) is 6.92 Å². The van der Waals surface area contributed by atoms with Crippen LogP contribution in [0.5, 0.6) is 5.75 Å². The molecule has 160 valence electrons. The molecule has 2 N–H and O–H groups in total. The van der Waals surface area contributed by atoms with Gasteiger partial charge in [0.05, 0.1) is 21.8 Å². The number of methoxy groups -OCH3 is 1. The quantitative estimate of drug-likeness (QED) is 0.335. The Hall–Kier alpha value is -2.20. The maximum absolute atomic E-state index is 14.5. The summed E-state index contributed by atoms with van der Waals surface area (Å²) in [4.78, 5) is 16.0. The lowest BCUT2D eigenvalue weighted by molar-refractivity contribution is 0.198. The minimum Gasteiger partial charge on any atom is -0.483 e. The zero-order valence-corrected chi connectivity index (χ0v) is 18.2. The monoisotopic (exact) mass is 475 g/mol. The fourth-order valence-electron chi connectivity index (χ4n) is 2.65. The van der Waals surface area contributed by atoms with Crippen LogP contribution >= 0.6 is 34.5 Å². The molecule has 1 aromatic heterocycles. The van der Waals surface area contributed by atoms with E-state index in [1.165, 1.54) is 25.3 Å². The standard InChI is InChI=1S/C19H17Cl2F2N3O3S/c1-9(16-10(20)3-4-11(22)17(16)21)29-14-8-15-13(7-12(14)23)25-19(30-15)26-18(27)24-5-6-28-2/h3-4,7-9H,5-6H2,1-2H3,(H2,24,25,26,27). The average Bonchev–Trinajstić information content (AvgIpc) is 3.06. The lowest BCUT2D eigenvalue weighted by atomic mass is 10.1.